The first-order valence-electron chi connectivity index (χ1n) is 11.2. The van der Waals surface area contributed by atoms with E-state index >= 15 is 0 Å². The standard InChI is InChI=1S/C26H24ClNO6/c1-15-23(26(30)32-11-10-31-16-6-3-2-4-7-16)24(25-19(28-15)8-5-9-20(25)29)17-12-21-22(13-18(17)27)34-14-33-21/h2-4,6-7,12-13,24,28H,5,8-11,14H2,1H3. The van der Waals surface area contributed by atoms with Gasteiger partial charge in [-0.15, -0.1) is 0 Å². The van der Waals surface area contributed by atoms with E-state index in [1.807, 2.05) is 37.3 Å². The van der Waals surface area contributed by atoms with Crippen molar-refractivity contribution in [2.24, 2.45) is 0 Å². The van der Waals surface area contributed by atoms with Crippen molar-refractivity contribution in [3.05, 3.63) is 75.6 Å². The topological polar surface area (TPSA) is 83.1 Å². The highest BCUT2D eigenvalue weighted by molar-refractivity contribution is 6.32. The number of rotatable bonds is 6. The van der Waals surface area contributed by atoms with E-state index in [1.54, 1.807) is 12.1 Å². The summed E-state index contributed by atoms with van der Waals surface area (Å²) in [5.41, 5.74) is 3.00. The molecule has 0 amide bonds. The molecule has 2 aromatic carbocycles. The fourth-order valence-corrected chi connectivity index (χ4v) is 4.87. The Bertz CT molecular complexity index is 1200. The number of fused-ring (bicyclic) bond motifs is 1. The van der Waals surface area contributed by atoms with Crippen LogP contribution < -0.4 is 19.5 Å². The molecule has 34 heavy (non-hydrogen) atoms. The van der Waals surface area contributed by atoms with Gasteiger partial charge in [0.15, 0.2) is 17.3 Å². The molecule has 176 valence electrons. The second kappa shape index (κ2) is 9.43. The van der Waals surface area contributed by atoms with Gasteiger partial charge in [0, 0.05) is 40.4 Å². The molecule has 3 aliphatic rings. The van der Waals surface area contributed by atoms with E-state index in [2.05, 4.69) is 5.32 Å². The molecule has 5 rings (SSSR count). The van der Waals surface area contributed by atoms with E-state index in [1.165, 1.54) is 0 Å². The summed E-state index contributed by atoms with van der Waals surface area (Å²) in [7, 11) is 0. The second-order valence-electron chi connectivity index (χ2n) is 8.29. The normalized spacial score (nSPS) is 19.0. The van der Waals surface area contributed by atoms with Gasteiger partial charge >= 0.3 is 5.97 Å². The van der Waals surface area contributed by atoms with Gasteiger partial charge in [-0.25, -0.2) is 4.79 Å². The summed E-state index contributed by atoms with van der Waals surface area (Å²) in [4.78, 5) is 26.4. The summed E-state index contributed by atoms with van der Waals surface area (Å²) in [5, 5.41) is 3.67. The third kappa shape index (κ3) is 4.23. The molecule has 0 radical (unpaired) electrons. The van der Waals surface area contributed by atoms with Gasteiger partial charge in [0.1, 0.15) is 19.0 Å². The predicted octanol–water partition coefficient (Wildman–Crippen LogP) is 4.66. The highest BCUT2D eigenvalue weighted by Gasteiger charge is 2.40. The number of halogens is 1. The maximum Gasteiger partial charge on any atom is 0.336 e. The zero-order chi connectivity index (χ0) is 23.7. The van der Waals surface area contributed by atoms with Crippen LogP contribution in [0.2, 0.25) is 5.02 Å². The average Bonchev–Trinajstić information content (AvgIpc) is 3.28. The van der Waals surface area contributed by atoms with Crippen LogP contribution in [0, 0.1) is 0 Å². The first-order valence-corrected chi connectivity index (χ1v) is 11.6. The Hall–Kier alpha value is -3.45. The minimum absolute atomic E-state index is 0.00213. The van der Waals surface area contributed by atoms with E-state index in [-0.39, 0.29) is 25.8 Å². The zero-order valence-corrected chi connectivity index (χ0v) is 19.4. The Morgan fingerprint density at radius 1 is 1.12 bits per heavy atom. The van der Waals surface area contributed by atoms with Crippen molar-refractivity contribution in [2.75, 3.05) is 20.0 Å². The Morgan fingerprint density at radius 2 is 1.88 bits per heavy atom. The molecule has 0 saturated carbocycles. The highest BCUT2D eigenvalue weighted by atomic mass is 35.5. The minimum atomic E-state index is -0.659. The summed E-state index contributed by atoms with van der Waals surface area (Å²) in [6, 6.07) is 12.7. The molecule has 2 aliphatic heterocycles. The number of Topliss-reactive ketones (excluding diaryl/α,β-unsaturated/α-hetero) is 1. The highest BCUT2D eigenvalue weighted by Crippen LogP contribution is 2.48. The van der Waals surface area contributed by atoms with E-state index in [0.717, 1.165) is 18.5 Å². The lowest BCUT2D eigenvalue weighted by molar-refractivity contribution is -0.140. The molecular weight excluding hydrogens is 458 g/mol. The summed E-state index contributed by atoms with van der Waals surface area (Å²) in [5.74, 6) is 0.581. The van der Waals surface area contributed by atoms with Crippen LogP contribution in [0.4, 0.5) is 0 Å². The Balaban J connectivity index is 1.44. The number of ketones is 1. The molecule has 2 aromatic rings. The van der Waals surface area contributed by atoms with Crippen molar-refractivity contribution in [1.29, 1.82) is 0 Å². The molecule has 1 unspecified atom stereocenters. The van der Waals surface area contributed by atoms with Crippen LogP contribution in [0.15, 0.2) is 65.0 Å². The number of esters is 1. The molecule has 1 atom stereocenters. The number of benzene rings is 2. The van der Waals surface area contributed by atoms with Crippen molar-refractivity contribution in [3.8, 4) is 17.2 Å². The molecule has 1 aliphatic carbocycles. The second-order valence-corrected chi connectivity index (χ2v) is 8.70. The molecule has 0 saturated heterocycles. The van der Waals surface area contributed by atoms with Crippen molar-refractivity contribution in [2.45, 2.75) is 32.1 Å². The number of dihydropyridines is 1. The molecule has 1 N–H and O–H groups in total. The molecular formula is C26H24ClNO6. The maximum atomic E-state index is 13.3. The Labute approximate surface area is 202 Å². The predicted molar refractivity (Wildman–Crippen MR) is 125 cm³/mol. The van der Waals surface area contributed by atoms with Crippen LogP contribution in [0.3, 0.4) is 0 Å². The van der Waals surface area contributed by atoms with Crippen molar-refractivity contribution in [3.63, 3.8) is 0 Å². The number of para-hydroxylation sites is 1. The third-order valence-electron chi connectivity index (χ3n) is 6.13. The van der Waals surface area contributed by atoms with Crippen LogP contribution in [-0.2, 0) is 14.3 Å². The number of ether oxygens (including phenoxy) is 4. The first-order chi connectivity index (χ1) is 16.5. The monoisotopic (exact) mass is 481 g/mol. The number of nitrogens with one attached hydrogen (secondary N) is 1. The lowest BCUT2D eigenvalue weighted by atomic mass is 9.75. The van der Waals surface area contributed by atoms with Gasteiger partial charge in [-0.3, -0.25) is 4.79 Å². The fraction of sp³-hybridized carbons (Fsp3) is 0.308. The number of carbonyl (C=O) groups is 2. The van der Waals surface area contributed by atoms with E-state index < -0.39 is 11.9 Å². The quantitative estimate of drug-likeness (QED) is 0.474. The van der Waals surface area contributed by atoms with Crippen LogP contribution in [0.1, 0.15) is 37.7 Å². The van der Waals surface area contributed by atoms with Crippen molar-refractivity contribution in [1.82, 2.24) is 5.32 Å². The molecule has 7 nitrogen and oxygen atoms in total. The SMILES string of the molecule is CC1=C(C(=O)OCCOc2ccccc2)C(c2cc3c(cc2Cl)OCO3)C2=C(CCCC2=O)N1. The number of hydrogen-bond acceptors (Lipinski definition) is 7. The number of allylic oxidation sites excluding steroid dienone is 3. The molecule has 2 heterocycles. The molecule has 8 heteroatoms. The van der Waals surface area contributed by atoms with Crippen LogP contribution in [0.5, 0.6) is 17.2 Å². The van der Waals surface area contributed by atoms with Gasteiger partial charge in [0.25, 0.3) is 0 Å². The van der Waals surface area contributed by atoms with E-state index in [9.17, 15) is 9.59 Å². The van der Waals surface area contributed by atoms with Crippen LogP contribution in [0.25, 0.3) is 0 Å². The molecule has 0 fully saturated rings. The van der Waals surface area contributed by atoms with Crippen LogP contribution in [-0.4, -0.2) is 31.8 Å². The van der Waals surface area contributed by atoms with Gasteiger partial charge in [-0.2, -0.15) is 0 Å². The minimum Gasteiger partial charge on any atom is -0.490 e. The average molecular weight is 482 g/mol. The third-order valence-corrected chi connectivity index (χ3v) is 6.45. The first kappa shape index (κ1) is 22.3. The summed E-state index contributed by atoms with van der Waals surface area (Å²) < 4.78 is 22.2. The maximum absolute atomic E-state index is 13.3. The van der Waals surface area contributed by atoms with Gasteiger partial charge in [0.2, 0.25) is 6.79 Å². The summed E-state index contributed by atoms with van der Waals surface area (Å²) in [6.45, 7) is 2.18. The van der Waals surface area contributed by atoms with Gasteiger partial charge in [0.05, 0.1) is 5.57 Å². The summed E-state index contributed by atoms with van der Waals surface area (Å²) >= 11 is 6.65. The van der Waals surface area contributed by atoms with E-state index in [0.29, 0.717) is 51.1 Å². The Kier molecular flexibility index (Phi) is 6.20. The number of hydrogen-bond donors (Lipinski definition) is 1. The van der Waals surface area contributed by atoms with Gasteiger partial charge < -0.3 is 24.3 Å². The fourth-order valence-electron chi connectivity index (χ4n) is 4.61. The Morgan fingerprint density at radius 3 is 2.68 bits per heavy atom. The van der Waals surface area contributed by atoms with Crippen molar-refractivity contribution >= 4 is 23.4 Å². The van der Waals surface area contributed by atoms with Crippen molar-refractivity contribution < 1.29 is 28.5 Å². The summed E-state index contributed by atoms with van der Waals surface area (Å²) in [6.07, 6.45) is 1.91. The van der Waals surface area contributed by atoms with Gasteiger partial charge in [-0.05, 0) is 43.5 Å². The van der Waals surface area contributed by atoms with Crippen LogP contribution >= 0.6 is 11.6 Å². The van der Waals surface area contributed by atoms with Gasteiger partial charge in [-0.1, -0.05) is 29.8 Å². The largest absolute Gasteiger partial charge is 0.490 e. The molecule has 0 spiro atoms. The molecule has 0 aromatic heterocycles. The number of carbonyl (C=O) groups excluding carboxylic acids is 2. The lowest BCUT2D eigenvalue weighted by Gasteiger charge is -2.34. The zero-order valence-electron chi connectivity index (χ0n) is 18.7. The van der Waals surface area contributed by atoms with E-state index in [4.69, 9.17) is 30.5 Å². The molecule has 0 bridgehead atoms. The smallest absolute Gasteiger partial charge is 0.336 e. The lowest BCUT2D eigenvalue weighted by Crippen LogP contribution is -2.34.